The quantitative estimate of drug-likeness (QED) is 0.167. The smallest absolute Gasteiger partial charge is 0.0689 e. The van der Waals surface area contributed by atoms with Crippen LogP contribution >= 0.6 is 31.9 Å². The molecule has 3 aliphatic carbocycles. The van der Waals surface area contributed by atoms with E-state index in [2.05, 4.69) is 199 Å². The summed E-state index contributed by atoms with van der Waals surface area (Å²) in [6.45, 7) is 1.56. The highest BCUT2D eigenvalue weighted by Crippen LogP contribution is 2.65. The molecule has 12 rings (SSSR count). The van der Waals surface area contributed by atoms with Gasteiger partial charge in [-0.25, -0.2) is 0 Å². The van der Waals surface area contributed by atoms with Gasteiger partial charge in [0.15, 0.2) is 0 Å². The summed E-state index contributed by atoms with van der Waals surface area (Å²) in [6, 6.07) is 54.8. The third-order valence-electron chi connectivity index (χ3n) is 12.7. The maximum atomic E-state index is 3.87. The number of para-hydroxylation sites is 2. The second kappa shape index (κ2) is 11.8. The number of rotatable bonds is 4. The van der Waals surface area contributed by atoms with Gasteiger partial charge in [0.1, 0.15) is 0 Å². The number of aromatic nitrogens is 2. The Labute approximate surface area is 336 Å². The Balaban J connectivity index is 1.22. The Bertz CT molecular complexity index is 3020. The van der Waals surface area contributed by atoms with E-state index in [-0.39, 0.29) is 5.41 Å². The van der Waals surface area contributed by atoms with E-state index in [1.54, 1.807) is 5.57 Å². The highest BCUT2D eigenvalue weighted by Gasteiger charge is 2.53. The molecule has 0 bridgehead atoms. The van der Waals surface area contributed by atoms with Gasteiger partial charge in [0.2, 0.25) is 0 Å². The van der Waals surface area contributed by atoms with Crippen LogP contribution in [0.15, 0.2) is 172 Å². The van der Waals surface area contributed by atoms with Gasteiger partial charge >= 0.3 is 0 Å². The number of nitrogens with zero attached hydrogens (tertiary/aromatic N) is 2. The highest BCUT2D eigenvalue weighted by atomic mass is 79.9. The van der Waals surface area contributed by atoms with Crippen LogP contribution in [0.1, 0.15) is 46.2 Å². The van der Waals surface area contributed by atoms with Gasteiger partial charge in [0.05, 0.1) is 16.4 Å². The standard InChI is InChI=1S/C51H34Br2N2/c52-45-21-9-1-13-31(45)29-54-47-23-11-5-17-35(47)39-25-43-37(27-49(39)54)38-28-50-40(36-18-6-12-24-48(36)55(50)30-32-14-2-10-22-46(32)53)26-44(38)51(43)41-19-7-3-15-33(41)34-16-4-8-20-42(34)51/h1-7,9-19,21-28H,8,20,29-30H2. The molecule has 0 fully saturated rings. The van der Waals surface area contributed by atoms with Gasteiger partial charge in [0, 0.05) is 54.6 Å². The van der Waals surface area contributed by atoms with E-state index in [0.717, 1.165) is 34.9 Å². The van der Waals surface area contributed by atoms with Crippen LogP contribution < -0.4 is 0 Å². The molecule has 0 amide bonds. The van der Waals surface area contributed by atoms with Crippen LogP contribution in [-0.2, 0) is 18.5 Å². The van der Waals surface area contributed by atoms with Crippen LogP contribution in [0, 0.1) is 0 Å². The predicted molar refractivity (Wildman–Crippen MR) is 236 cm³/mol. The summed E-state index contributed by atoms with van der Waals surface area (Å²) in [5, 5.41) is 5.25. The Morgan fingerprint density at radius 3 is 1.56 bits per heavy atom. The zero-order valence-corrected chi connectivity index (χ0v) is 33.2. The van der Waals surface area contributed by atoms with Crippen LogP contribution in [0.2, 0.25) is 0 Å². The van der Waals surface area contributed by atoms with Crippen molar-refractivity contribution in [3.05, 3.63) is 206 Å². The lowest BCUT2D eigenvalue weighted by atomic mass is 9.68. The lowest BCUT2D eigenvalue weighted by molar-refractivity contribution is 0.715. The number of allylic oxidation sites excluding steroid dienone is 4. The summed E-state index contributed by atoms with van der Waals surface area (Å²) >= 11 is 7.75. The normalized spacial score (nSPS) is 15.1. The number of hydrogen-bond donors (Lipinski definition) is 0. The predicted octanol–water partition coefficient (Wildman–Crippen LogP) is 14.0. The van der Waals surface area contributed by atoms with Crippen molar-refractivity contribution in [3.8, 4) is 11.1 Å². The summed E-state index contributed by atoms with van der Waals surface area (Å²) in [5.41, 5.74) is 18.5. The molecule has 0 saturated heterocycles. The molecular formula is C51H34Br2N2. The van der Waals surface area contributed by atoms with Crippen LogP contribution in [0.25, 0.3) is 60.3 Å². The van der Waals surface area contributed by atoms with E-state index in [1.165, 1.54) is 93.7 Å². The van der Waals surface area contributed by atoms with Gasteiger partial charge in [0.25, 0.3) is 0 Å². The van der Waals surface area contributed by atoms with Crippen molar-refractivity contribution in [1.82, 2.24) is 9.13 Å². The van der Waals surface area contributed by atoms with E-state index in [0.29, 0.717) is 0 Å². The summed E-state index contributed by atoms with van der Waals surface area (Å²) in [5.74, 6) is 0. The van der Waals surface area contributed by atoms with Crippen molar-refractivity contribution < 1.29 is 0 Å². The largest absolute Gasteiger partial charge is 0.336 e. The van der Waals surface area contributed by atoms with Gasteiger partial charge in [-0.2, -0.15) is 0 Å². The van der Waals surface area contributed by atoms with E-state index < -0.39 is 0 Å². The van der Waals surface area contributed by atoms with Crippen molar-refractivity contribution in [2.45, 2.75) is 31.3 Å². The van der Waals surface area contributed by atoms with Crippen molar-refractivity contribution >= 4 is 81.0 Å². The fourth-order valence-corrected chi connectivity index (χ4v) is 11.3. The van der Waals surface area contributed by atoms with Gasteiger partial charge in [-0.1, -0.05) is 141 Å². The van der Waals surface area contributed by atoms with Crippen LogP contribution in [0.5, 0.6) is 0 Å². The molecule has 4 heteroatoms. The fourth-order valence-electron chi connectivity index (χ4n) is 10.5. The molecule has 0 radical (unpaired) electrons. The van der Waals surface area contributed by atoms with E-state index in [9.17, 15) is 0 Å². The molecule has 0 N–H and O–H groups in total. The van der Waals surface area contributed by atoms with Crippen LogP contribution in [0.4, 0.5) is 0 Å². The summed E-state index contributed by atoms with van der Waals surface area (Å²) in [4.78, 5) is 0. The average molecular weight is 835 g/mol. The van der Waals surface area contributed by atoms with Gasteiger partial charge in [-0.15, -0.1) is 0 Å². The molecular weight excluding hydrogens is 800 g/mol. The first-order valence-electron chi connectivity index (χ1n) is 19.2. The first-order chi connectivity index (χ1) is 27.1. The van der Waals surface area contributed by atoms with Crippen molar-refractivity contribution in [3.63, 3.8) is 0 Å². The number of halogens is 2. The molecule has 0 atom stereocenters. The summed E-state index contributed by atoms with van der Waals surface area (Å²) < 4.78 is 7.35. The Hall–Kier alpha value is -5.42. The van der Waals surface area contributed by atoms with Gasteiger partial charge in [-0.05, 0) is 117 Å². The van der Waals surface area contributed by atoms with Crippen molar-refractivity contribution in [2.24, 2.45) is 0 Å². The molecule has 2 nitrogen and oxygen atoms in total. The van der Waals surface area contributed by atoms with Gasteiger partial charge < -0.3 is 9.13 Å². The first kappa shape index (κ1) is 31.9. The molecule has 0 aliphatic heterocycles. The molecule has 0 unspecified atom stereocenters. The Kier molecular flexibility index (Phi) is 6.83. The topological polar surface area (TPSA) is 9.86 Å². The second-order valence-electron chi connectivity index (χ2n) is 15.3. The summed E-state index contributed by atoms with van der Waals surface area (Å²) in [6.07, 6.45) is 6.89. The molecule has 55 heavy (non-hydrogen) atoms. The van der Waals surface area contributed by atoms with Crippen molar-refractivity contribution in [1.29, 1.82) is 0 Å². The van der Waals surface area contributed by atoms with Gasteiger partial charge in [-0.3, -0.25) is 0 Å². The third kappa shape index (κ3) is 4.30. The molecule has 2 aromatic heterocycles. The SMILES string of the molecule is Brc1ccccc1Cn1c2ccccc2c2cc3c(cc21)-c1cc2c(cc1C31C3=C(C=CCC3)c3ccccc31)c1ccccc1n2Cc1ccccc1Br. The van der Waals surface area contributed by atoms with E-state index >= 15 is 0 Å². The number of hydrogen-bond acceptors (Lipinski definition) is 0. The molecule has 2 heterocycles. The third-order valence-corrected chi connectivity index (χ3v) is 14.3. The molecule has 1 spiro atoms. The second-order valence-corrected chi connectivity index (χ2v) is 17.1. The highest BCUT2D eigenvalue weighted by molar-refractivity contribution is 9.10. The lowest BCUT2D eigenvalue weighted by Gasteiger charge is -2.33. The molecule has 7 aromatic carbocycles. The molecule has 9 aromatic rings. The maximum absolute atomic E-state index is 3.87. The number of fused-ring (bicyclic) bond motifs is 15. The molecule has 262 valence electrons. The average Bonchev–Trinajstić information content (AvgIpc) is 3.90. The first-order valence-corrected chi connectivity index (χ1v) is 20.8. The van der Waals surface area contributed by atoms with Crippen molar-refractivity contribution in [2.75, 3.05) is 0 Å². The minimum absolute atomic E-state index is 0.374. The minimum Gasteiger partial charge on any atom is -0.336 e. The Morgan fingerprint density at radius 1 is 0.473 bits per heavy atom. The van der Waals surface area contributed by atoms with E-state index in [4.69, 9.17) is 0 Å². The molecule has 3 aliphatic rings. The minimum atomic E-state index is -0.374. The zero-order valence-electron chi connectivity index (χ0n) is 30.0. The van der Waals surface area contributed by atoms with E-state index in [1.807, 2.05) is 0 Å². The Morgan fingerprint density at radius 2 is 0.982 bits per heavy atom. The monoisotopic (exact) mass is 832 g/mol. The lowest BCUT2D eigenvalue weighted by Crippen LogP contribution is -2.27. The summed E-state index contributed by atoms with van der Waals surface area (Å²) in [7, 11) is 0. The zero-order chi connectivity index (χ0) is 36.4. The molecule has 0 saturated carbocycles. The van der Waals surface area contributed by atoms with Crippen LogP contribution in [-0.4, -0.2) is 9.13 Å². The fraction of sp³-hybridized carbons (Fsp3) is 0.0980. The van der Waals surface area contributed by atoms with Crippen LogP contribution in [0.3, 0.4) is 0 Å². The maximum Gasteiger partial charge on any atom is 0.0689 e. The number of benzene rings is 7.